The van der Waals surface area contributed by atoms with Crippen LogP contribution in [0.2, 0.25) is 0 Å². The maximum absolute atomic E-state index is 12.8. The Morgan fingerprint density at radius 2 is 0.574 bits per heavy atom. The van der Waals surface area contributed by atoms with Crippen LogP contribution in [0, 0.1) is 0 Å². The first-order valence-electron chi connectivity index (χ1n) is 28.6. The zero-order chi connectivity index (χ0) is 49.3. The lowest BCUT2D eigenvalue weighted by molar-refractivity contribution is -0.167. The highest BCUT2D eigenvalue weighted by Crippen LogP contribution is 2.15. The van der Waals surface area contributed by atoms with E-state index in [2.05, 4.69) is 106 Å². The summed E-state index contributed by atoms with van der Waals surface area (Å²) < 4.78 is 16.7. The minimum Gasteiger partial charge on any atom is -0.462 e. The summed E-state index contributed by atoms with van der Waals surface area (Å²) in [6.07, 6.45) is 73.2. The molecule has 390 valence electrons. The molecule has 0 aromatic heterocycles. The Morgan fingerprint density at radius 1 is 0.309 bits per heavy atom. The lowest BCUT2D eigenvalue weighted by Gasteiger charge is -2.18. The minimum absolute atomic E-state index is 0.0896. The van der Waals surface area contributed by atoms with Crippen LogP contribution >= 0.6 is 0 Å². The fraction of sp³-hybridized carbons (Fsp3) is 0.726. The van der Waals surface area contributed by atoms with Gasteiger partial charge in [0.2, 0.25) is 0 Å². The maximum Gasteiger partial charge on any atom is 0.306 e. The van der Waals surface area contributed by atoms with E-state index in [0.29, 0.717) is 12.8 Å². The largest absolute Gasteiger partial charge is 0.462 e. The Balaban J connectivity index is 4.18. The molecule has 1 unspecified atom stereocenters. The Kier molecular flexibility index (Phi) is 53.4. The molecular weight excluding hydrogens is 841 g/mol. The zero-order valence-electron chi connectivity index (χ0n) is 44.6. The molecule has 6 nitrogen and oxygen atoms in total. The third-order valence-corrected chi connectivity index (χ3v) is 12.1. The van der Waals surface area contributed by atoms with E-state index < -0.39 is 6.10 Å². The van der Waals surface area contributed by atoms with Crippen LogP contribution in [0.3, 0.4) is 0 Å². The molecule has 0 fully saturated rings. The van der Waals surface area contributed by atoms with E-state index in [1.807, 2.05) is 0 Å². The van der Waals surface area contributed by atoms with Crippen molar-refractivity contribution in [2.45, 2.75) is 277 Å². The number of carbonyl (C=O) groups excluding carboxylic acids is 3. The molecule has 0 bridgehead atoms. The minimum atomic E-state index is -0.791. The zero-order valence-corrected chi connectivity index (χ0v) is 44.6. The molecule has 6 heteroatoms. The first kappa shape index (κ1) is 64.6. The molecule has 0 N–H and O–H groups in total. The van der Waals surface area contributed by atoms with Crippen LogP contribution in [0.5, 0.6) is 0 Å². The van der Waals surface area contributed by atoms with Crippen molar-refractivity contribution in [1.29, 1.82) is 0 Å². The quantitative estimate of drug-likeness (QED) is 0.0262. The van der Waals surface area contributed by atoms with Crippen LogP contribution in [-0.4, -0.2) is 37.2 Å². The van der Waals surface area contributed by atoms with E-state index in [-0.39, 0.29) is 37.5 Å². The summed E-state index contributed by atoms with van der Waals surface area (Å²) in [5, 5.41) is 0. The van der Waals surface area contributed by atoms with Crippen LogP contribution in [0.4, 0.5) is 0 Å². The second-order valence-corrected chi connectivity index (χ2v) is 18.8. The summed E-state index contributed by atoms with van der Waals surface area (Å²) in [6.45, 7) is 6.44. The molecule has 0 aliphatic carbocycles. The van der Waals surface area contributed by atoms with Crippen LogP contribution in [0.15, 0.2) is 85.1 Å². The van der Waals surface area contributed by atoms with Gasteiger partial charge >= 0.3 is 17.9 Å². The van der Waals surface area contributed by atoms with Crippen molar-refractivity contribution in [2.75, 3.05) is 13.2 Å². The van der Waals surface area contributed by atoms with Gasteiger partial charge < -0.3 is 14.2 Å². The Morgan fingerprint density at radius 3 is 0.912 bits per heavy atom. The standard InChI is InChI=1S/C62H106O6/c1-4-7-10-13-16-18-20-22-24-26-28-29-30-31-32-33-35-36-38-40-42-44-46-49-52-55-61(64)67-58-59(57-66-60(63)54-51-48-15-12-9-6-3)68-62(65)56-53-50-47-45-43-41-39-37-34-27-25-23-21-19-17-14-11-8-5-2/h8,11,17,19-20,22-23,25-26,28,34,37,41,43,59H,4-7,9-10,12-16,18,21,24,27,29-33,35-36,38-40,42,44-58H2,1-3H3/b11-8-,19-17-,22-20-,25-23-,28-26-,37-34-,43-41-. The van der Waals surface area contributed by atoms with Gasteiger partial charge in [0.15, 0.2) is 6.10 Å². The highest BCUT2D eigenvalue weighted by atomic mass is 16.6. The second kappa shape index (κ2) is 56.2. The van der Waals surface area contributed by atoms with Crippen molar-refractivity contribution in [3.8, 4) is 0 Å². The van der Waals surface area contributed by atoms with E-state index in [1.165, 1.54) is 128 Å². The lowest BCUT2D eigenvalue weighted by Crippen LogP contribution is -2.30. The smallest absolute Gasteiger partial charge is 0.306 e. The lowest BCUT2D eigenvalue weighted by atomic mass is 10.0. The molecule has 0 spiro atoms. The highest BCUT2D eigenvalue weighted by Gasteiger charge is 2.19. The summed E-state index contributed by atoms with van der Waals surface area (Å²) in [5.74, 6) is -0.929. The van der Waals surface area contributed by atoms with E-state index >= 15 is 0 Å². The average molecular weight is 948 g/mol. The number of hydrogen-bond donors (Lipinski definition) is 0. The molecule has 0 radical (unpaired) electrons. The normalized spacial score (nSPS) is 12.7. The Hall–Kier alpha value is -3.41. The number of unbranched alkanes of at least 4 members (excludes halogenated alkanes) is 26. The molecule has 0 heterocycles. The van der Waals surface area contributed by atoms with Crippen molar-refractivity contribution in [1.82, 2.24) is 0 Å². The SMILES string of the molecule is CC/C=C\C/C=C\C/C=C\C/C=C\C/C=C\CCCCCC(=O)OC(COC(=O)CCCCCCCC)COC(=O)CCCCCCCCCCCCCCC/C=C\C/C=C\CCCCCCC. The van der Waals surface area contributed by atoms with Crippen molar-refractivity contribution in [3.05, 3.63) is 85.1 Å². The van der Waals surface area contributed by atoms with Gasteiger partial charge in [-0.05, 0) is 96.3 Å². The molecule has 0 aliphatic rings. The van der Waals surface area contributed by atoms with Crippen LogP contribution in [0.1, 0.15) is 271 Å². The number of ether oxygens (including phenoxy) is 3. The summed E-state index contributed by atoms with van der Waals surface area (Å²) in [6, 6.07) is 0. The summed E-state index contributed by atoms with van der Waals surface area (Å²) in [5.41, 5.74) is 0. The van der Waals surface area contributed by atoms with Gasteiger partial charge in [-0.3, -0.25) is 14.4 Å². The van der Waals surface area contributed by atoms with E-state index in [4.69, 9.17) is 14.2 Å². The number of carbonyl (C=O) groups is 3. The van der Waals surface area contributed by atoms with Gasteiger partial charge in [0.25, 0.3) is 0 Å². The van der Waals surface area contributed by atoms with Gasteiger partial charge in [-0.1, -0.05) is 241 Å². The summed E-state index contributed by atoms with van der Waals surface area (Å²) >= 11 is 0. The van der Waals surface area contributed by atoms with Crippen LogP contribution in [-0.2, 0) is 28.6 Å². The van der Waals surface area contributed by atoms with Crippen molar-refractivity contribution < 1.29 is 28.6 Å². The predicted molar refractivity (Wildman–Crippen MR) is 293 cm³/mol. The van der Waals surface area contributed by atoms with Gasteiger partial charge in [0.1, 0.15) is 13.2 Å². The number of esters is 3. The molecule has 0 aliphatic heterocycles. The molecule has 0 saturated carbocycles. The highest BCUT2D eigenvalue weighted by molar-refractivity contribution is 5.71. The average Bonchev–Trinajstić information content (AvgIpc) is 3.34. The van der Waals surface area contributed by atoms with Crippen LogP contribution in [0.25, 0.3) is 0 Å². The Labute approximate surface area is 420 Å². The predicted octanol–water partition coefficient (Wildman–Crippen LogP) is 19.2. The van der Waals surface area contributed by atoms with Crippen molar-refractivity contribution in [3.63, 3.8) is 0 Å². The molecular formula is C62H106O6. The van der Waals surface area contributed by atoms with Gasteiger partial charge in [0, 0.05) is 19.3 Å². The maximum atomic E-state index is 12.8. The van der Waals surface area contributed by atoms with Crippen molar-refractivity contribution >= 4 is 17.9 Å². The third-order valence-electron chi connectivity index (χ3n) is 12.1. The summed E-state index contributed by atoms with van der Waals surface area (Å²) in [7, 11) is 0. The van der Waals surface area contributed by atoms with E-state index in [9.17, 15) is 14.4 Å². The molecule has 1 atom stereocenters. The first-order valence-corrected chi connectivity index (χ1v) is 28.6. The van der Waals surface area contributed by atoms with Gasteiger partial charge in [0.05, 0.1) is 0 Å². The fourth-order valence-electron chi connectivity index (χ4n) is 7.85. The topological polar surface area (TPSA) is 78.9 Å². The molecule has 0 aromatic carbocycles. The van der Waals surface area contributed by atoms with Crippen molar-refractivity contribution in [2.24, 2.45) is 0 Å². The second-order valence-electron chi connectivity index (χ2n) is 18.8. The fourth-order valence-corrected chi connectivity index (χ4v) is 7.85. The van der Waals surface area contributed by atoms with E-state index in [1.54, 1.807) is 0 Å². The monoisotopic (exact) mass is 947 g/mol. The van der Waals surface area contributed by atoms with Gasteiger partial charge in [-0.15, -0.1) is 0 Å². The van der Waals surface area contributed by atoms with Crippen LogP contribution < -0.4 is 0 Å². The number of allylic oxidation sites excluding steroid dienone is 14. The molecule has 68 heavy (non-hydrogen) atoms. The van der Waals surface area contributed by atoms with Gasteiger partial charge in [-0.25, -0.2) is 0 Å². The first-order chi connectivity index (χ1) is 33.5. The third kappa shape index (κ3) is 53.5. The summed E-state index contributed by atoms with van der Waals surface area (Å²) in [4.78, 5) is 37.9. The molecule has 0 rings (SSSR count). The van der Waals surface area contributed by atoms with Gasteiger partial charge in [-0.2, -0.15) is 0 Å². The number of rotatable bonds is 51. The molecule has 0 aromatic rings. The Bertz CT molecular complexity index is 1320. The molecule has 0 saturated heterocycles. The number of hydrogen-bond acceptors (Lipinski definition) is 6. The van der Waals surface area contributed by atoms with E-state index in [0.717, 1.165) is 103 Å². The molecule has 0 amide bonds.